The zero-order valence-corrected chi connectivity index (χ0v) is 17.7. The lowest BCUT2D eigenvalue weighted by molar-refractivity contribution is -0.0704. The van der Waals surface area contributed by atoms with Crippen molar-refractivity contribution in [3.63, 3.8) is 0 Å². The van der Waals surface area contributed by atoms with Gasteiger partial charge in [0.05, 0.1) is 31.1 Å². The van der Waals surface area contributed by atoms with Crippen LogP contribution in [0.3, 0.4) is 0 Å². The molecule has 0 saturated carbocycles. The van der Waals surface area contributed by atoms with Crippen molar-refractivity contribution in [3.05, 3.63) is 53.7 Å². The number of benzene rings is 1. The van der Waals surface area contributed by atoms with Gasteiger partial charge in [-0.25, -0.2) is 4.98 Å². The van der Waals surface area contributed by atoms with Crippen molar-refractivity contribution in [1.82, 2.24) is 9.88 Å². The third-order valence-corrected chi connectivity index (χ3v) is 5.46. The fourth-order valence-electron chi connectivity index (χ4n) is 4.15. The van der Waals surface area contributed by atoms with Gasteiger partial charge in [-0.3, -0.25) is 9.69 Å². The Morgan fingerprint density at radius 1 is 1.10 bits per heavy atom. The summed E-state index contributed by atoms with van der Waals surface area (Å²) in [6.45, 7) is 9.83. The molecule has 1 aromatic heterocycles. The minimum atomic E-state index is -0.127. The lowest BCUT2D eigenvalue weighted by atomic mass is 10.1. The van der Waals surface area contributed by atoms with E-state index in [1.54, 1.807) is 6.20 Å². The summed E-state index contributed by atoms with van der Waals surface area (Å²) in [5, 5.41) is 3.03. The van der Waals surface area contributed by atoms with Crippen LogP contribution in [0.2, 0.25) is 0 Å². The van der Waals surface area contributed by atoms with E-state index in [-0.39, 0.29) is 18.1 Å². The maximum atomic E-state index is 12.8. The van der Waals surface area contributed by atoms with E-state index in [0.29, 0.717) is 18.8 Å². The Kier molecular flexibility index (Phi) is 6.62. The van der Waals surface area contributed by atoms with Gasteiger partial charge in [0, 0.05) is 44.5 Å². The number of morpholine rings is 2. The molecule has 1 N–H and O–H groups in total. The van der Waals surface area contributed by atoms with Gasteiger partial charge in [-0.1, -0.05) is 12.1 Å². The molecule has 0 bridgehead atoms. The number of nitrogens with one attached hydrogen (secondary N) is 1. The number of carbonyl (C=O) groups is 1. The highest BCUT2D eigenvalue weighted by Gasteiger charge is 2.22. The van der Waals surface area contributed by atoms with E-state index in [9.17, 15) is 4.79 Å². The molecule has 2 aliphatic rings. The van der Waals surface area contributed by atoms with Crippen molar-refractivity contribution in [1.29, 1.82) is 0 Å². The normalized spacial score (nSPS) is 22.7. The summed E-state index contributed by atoms with van der Waals surface area (Å²) in [6, 6.07) is 11.6. The molecule has 2 aromatic rings. The maximum Gasteiger partial charge on any atom is 0.255 e. The van der Waals surface area contributed by atoms with Gasteiger partial charge in [-0.2, -0.15) is 0 Å². The molecule has 4 rings (SSSR count). The first-order valence-corrected chi connectivity index (χ1v) is 10.6. The predicted octanol–water partition coefficient (Wildman–Crippen LogP) is 2.78. The zero-order valence-electron chi connectivity index (χ0n) is 17.7. The number of carbonyl (C=O) groups excluding carboxylic acids is 1. The van der Waals surface area contributed by atoms with Crippen LogP contribution in [0.4, 0.5) is 11.5 Å². The highest BCUT2D eigenvalue weighted by molar-refractivity contribution is 6.05. The fourth-order valence-corrected chi connectivity index (χ4v) is 4.15. The van der Waals surface area contributed by atoms with Crippen molar-refractivity contribution in [2.75, 3.05) is 49.6 Å². The summed E-state index contributed by atoms with van der Waals surface area (Å²) < 4.78 is 11.2. The second kappa shape index (κ2) is 9.55. The number of nitrogens with zero attached hydrogens (tertiary/aromatic N) is 3. The van der Waals surface area contributed by atoms with Crippen LogP contribution in [0, 0.1) is 0 Å². The summed E-state index contributed by atoms with van der Waals surface area (Å²) in [6.07, 6.45) is 2.25. The number of pyridine rings is 1. The molecule has 0 spiro atoms. The molecule has 0 unspecified atom stereocenters. The van der Waals surface area contributed by atoms with E-state index in [1.807, 2.05) is 36.4 Å². The third kappa shape index (κ3) is 5.16. The molecule has 2 saturated heterocycles. The van der Waals surface area contributed by atoms with Crippen molar-refractivity contribution in [3.8, 4) is 0 Å². The fraction of sp³-hybridized carbons (Fsp3) is 0.478. The van der Waals surface area contributed by atoms with Crippen LogP contribution in [0.5, 0.6) is 0 Å². The summed E-state index contributed by atoms with van der Waals surface area (Å²) >= 11 is 0. The first-order chi connectivity index (χ1) is 14.6. The second-order valence-corrected chi connectivity index (χ2v) is 8.08. The highest BCUT2D eigenvalue weighted by atomic mass is 16.5. The topological polar surface area (TPSA) is 66.9 Å². The monoisotopic (exact) mass is 410 g/mol. The molecule has 0 radical (unpaired) electrons. The molecule has 7 nitrogen and oxygen atoms in total. The Morgan fingerprint density at radius 2 is 1.80 bits per heavy atom. The Bertz CT molecular complexity index is 842. The smallest absolute Gasteiger partial charge is 0.255 e. The van der Waals surface area contributed by atoms with Gasteiger partial charge in [0.2, 0.25) is 0 Å². The summed E-state index contributed by atoms with van der Waals surface area (Å²) in [5.74, 6) is 0.666. The van der Waals surface area contributed by atoms with Crippen LogP contribution in [0.1, 0.15) is 29.8 Å². The lowest BCUT2D eigenvalue weighted by Gasteiger charge is -2.35. The van der Waals surface area contributed by atoms with Gasteiger partial charge in [0.1, 0.15) is 0 Å². The van der Waals surface area contributed by atoms with Crippen molar-refractivity contribution >= 4 is 17.4 Å². The quantitative estimate of drug-likeness (QED) is 0.818. The number of hydrogen-bond acceptors (Lipinski definition) is 6. The van der Waals surface area contributed by atoms with Crippen LogP contribution >= 0.6 is 0 Å². The average Bonchev–Trinajstić information content (AvgIpc) is 2.74. The molecule has 30 heavy (non-hydrogen) atoms. The van der Waals surface area contributed by atoms with Gasteiger partial charge in [0.25, 0.3) is 5.91 Å². The number of ether oxygens (including phenoxy) is 2. The molecule has 1 aromatic carbocycles. The summed E-state index contributed by atoms with van der Waals surface area (Å²) in [5.41, 5.74) is 2.56. The second-order valence-electron chi connectivity index (χ2n) is 8.08. The van der Waals surface area contributed by atoms with Gasteiger partial charge in [-0.15, -0.1) is 0 Å². The van der Waals surface area contributed by atoms with Crippen LogP contribution < -0.4 is 10.2 Å². The van der Waals surface area contributed by atoms with E-state index < -0.39 is 0 Å². The van der Waals surface area contributed by atoms with Crippen LogP contribution in [-0.2, 0) is 16.0 Å². The molecule has 2 fully saturated rings. The van der Waals surface area contributed by atoms with Crippen LogP contribution in [-0.4, -0.2) is 67.4 Å². The van der Waals surface area contributed by atoms with E-state index in [1.165, 1.54) is 5.56 Å². The minimum Gasteiger partial charge on any atom is -0.378 e. The Balaban J connectivity index is 1.40. The number of rotatable bonds is 5. The average molecular weight is 411 g/mol. The molecular weight excluding hydrogens is 380 g/mol. The highest BCUT2D eigenvalue weighted by Crippen LogP contribution is 2.24. The van der Waals surface area contributed by atoms with E-state index in [0.717, 1.165) is 44.2 Å². The number of amides is 1. The number of hydrogen-bond donors (Lipinski definition) is 1. The van der Waals surface area contributed by atoms with Gasteiger partial charge in [0.15, 0.2) is 5.82 Å². The SMILES string of the molecule is C[C@@H]1CN(Cc2ccc(C(=O)Nc3cccnc3N3CCOCC3)cc2)C[C@@H](C)O1. The van der Waals surface area contributed by atoms with Crippen molar-refractivity contribution in [2.24, 2.45) is 0 Å². The first kappa shape index (κ1) is 20.8. The molecular formula is C23H30N4O3. The maximum absolute atomic E-state index is 12.8. The Labute approximate surface area is 178 Å². The van der Waals surface area contributed by atoms with E-state index in [4.69, 9.17) is 9.47 Å². The third-order valence-electron chi connectivity index (χ3n) is 5.46. The molecule has 1 amide bonds. The van der Waals surface area contributed by atoms with Crippen molar-refractivity contribution in [2.45, 2.75) is 32.6 Å². The minimum absolute atomic E-state index is 0.127. The first-order valence-electron chi connectivity index (χ1n) is 10.6. The van der Waals surface area contributed by atoms with E-state index >= 15 is 0 Å². The Hall–Kier alpha value is -2.48. The molecule has 3 heterocycles. The number of aromatic nitrogens is 1. The largest absolute Gasteiger partial charge is 0.378 e. The van der Waals surface area contributed by atoms with E-state index in [2.05, 4.69) is 33.9 Å². The van der Waals surface area contributed by atoms with Gasteiger partial charge in [-0.05, 0) is 43.7 Å². The summed E-state index contributed by atoms with van der Waals surface area (Å²) in [4.78, 5) is 21.9. The molecule has 0 aliphatic carbocycles. The van der Waals surface area contributed by atoms with Crippen LogP contribution in [0.25, 0.3) is 0 Å². The summed E-state index contributed by atoms with van der Waals surface area (Å²) in [7, 11) is 0. The van der Waals surface area contributed by atoms with Crippen LogP contribution in [0.15, 0.2) is 42.6 Å². The number of anilines is 2. The molecule has 160 valence electrons. The molecule has 7 heteroatoms. The zero-order chi connectivity index (χ0) is 20.9. The van der Waals surface area contributed by atoms with Crippen molar-refractivity contribution < 1.29 is 14.3 Å². The predicted molar refractivity (Wildman–Crippen MR) is 117 cm³/mol. The Morgan fingerprint density at radius 3 is 2.50 bits per heavy atom. The molecule has 2 atom stereocenters. The molecule has 2 aliphatic heterocycles. The lowest BCUT2D eigenvalue weighted by Crippen LogP contribution is -2.44. The van der Waals surface area contributed by atoms with Gasteiger partial charge < -0.3 is 19.7 Å². The van der Waals surface area contributed by atoms with Gasteiger partial charge >= 0.3 is 0 Å². The standard InChI is InChI=1S/C23H30N4O3/c1-17-14-26(15-18(2)30-17)16-19-5-7-20(8-6-19)23(28)25-21-4-3-9-24-22(21)27-10-12-29-13-11-27/h3-9,17-18H,10-16H2,1-2H3,(H,25,28)/t17-,18-/m1/s1.